The molecule has 2 aromatic rings. The van der Waals surface area contributed by atoms with Gasteiger partial charge in [-0.3, -0.25) is 9.59 Å². The predicted molar refractivity (Wildman–Crippen MR) is 132 cm³/mol. The second-order valence-electron chi connectivity index (χ2n) is 8.53. The fraction of sp³-hybridized carbons (Fsp3) is 0.444. The summed E-state index contributed by atoms with van der Waals surface area (Å²) in [4.78, 5) is 37.5. The lowest BCUT2D eigenvalue weighted by atomic mass is 9.98. The number of likely N-dealkylation sites (N-methyl/N-ethyl adjacent to an activating group) is 1. The molecule has 2 amide bonds. The number of benzene rings is 2. The standard InChI is InChI=1S/C27H34N2O6/c1-3-29(17-9-8-14-25(30)31)26(32)24(34-2)15-16-28-27(33)35-18-23-21-12-6-4-10-19(21)20-11-5-7-13-22(20)23/h4-7,10-13,23-24H,3,8-9,14-18H2,1-2H3,(H,28,33)(H,30,31). The van der Waals surface area contributed by atoms with Gasteiger partial charge in [0.15, 0.2) is 0 Å². The van der Waals surface area contributed by atoms with Crippen molar-refractivity contribution in [2.24, 2.45) is 0 Å². The van der Waals surface area contributed by atoms with E-state index >= 15 is 0 Å². The van der Waals surface area contributed by atoms with Crippen molar-refractivity contribution >= 4 is 18.0 Å². The second kappa shape index (κ2) is 12.9. The summed E-state index contributed by atoms with van der Waals surface area (Å²) in [7, 11) is 1.47. The SMILES string of the molecule is CCN(CCCCC(=O)O)C(=O)C(CCNC(=O)OCC1c2ccccc2-c2ccccc21)OC. The Morgan fingerprint density at radius 2 is 1.66 bits per heavy atom. The number of unbranched alkanes of at least 4 members (excludes halogenated alkanes) is 1. The van der Waals surface area contributed by atoms with Crippen molar-refractivity contribution in [3.8, 4) is 11.1 Å². The molecule has 1 aliphatic carbocycles. The molecule has 0 spiro atoms. The Hall–Kier alpha value is -3.39. The lowest BCUT2D eigenvalue weighted by molar-refractivity contribution is -0.142. The highest BCUT2D eigenvalue weighted by atomic mass is 16.5. The normalized spacial score (nSPS) is 13.0. The third-order valence-electron chi connectivity index (χ3n) is 6.34. The first-order valence-electron chi connectivity index (χ1n) is 12.1. The van der Waals surface area contributed by atoms with E-state index in [0.717, 1.165) is 11.1 Å². The molecule has 8 nitrogen and oxygen atoms in total. The van der Waals surface area contributed by atoms with E-state index in [4.69, 9.17) is 14.6 Å². The topological polar surface area (TPSA) is 105 Å². The molecule has 35 heavy (non-hydrogen) atoms. The molecular weight excluding hydrogens is 448 g/mol. The summed E-state index contributed by atoms with van der Waals surface area (Å²) < 4.78 is 10.9. The van der Waals surface area contributed by atoms with E-state index in [9.17, 15) is 14.4 Å². The summed E-state index contributed by atoms with van der Waals surface area (Å²) >= 11 is 0. The number of aliphatic carboxylic acids is 1. The monoisotopic (exact) mass is 482 g/mol. The summed E-state index contributed by atoms with van der Waals surface area (Å²) in [6, 6.07) is 16.3. The van der Waals surface area contributed by atoms with Crippen LogP contribution >= 0.6 is 0 Å². The van der Waals surface area contributed by atoms with E-state index in [1.807, 2.05) is 31.2 Å². The van der Waals surface area contributed by atoms with Crippen molar-refractivity contribution < 1.29 is 29.0 Å². The highest BCUT2D eigenvalue weighted by Gasteiger charge is 2.29. The van der Waals surface area contributed by atoms with Crippen molar-refractivity contribution in [2.75, 3.05) is 33.4 Å². The number of hydrogen-bond acceptors (Lipinski definition) is 5. The number of carbonyl (C=O) groups is 3. The van der Waals surface area contributed by atoms with Crippen LogP contribution in [0.2, 0.25) is 0 Å². The number of carboxylic acids is 1. The number of carbonyl (C=O) groups excluding carboxylic acids is 2. The van der Waals surface area contributed by atoms with Gasteiger partial charge in [0.05, 0.1) is 0 Å². The number of hydrogen-bond donors (Lipinski definition) is 2. The first-order valence-corrected chi connectivity index (χ1v) is 12.1. The van der Waals surface area contributed by atoms with Crippen LogP contribution in [0.15, 0.2) is 48.5 Å². The molecule has 3 rings (SSSR count). The van der Waals surface area contributed by atoms with Crippen molar-refractivity contribution in [1.82, 2.24) is 10.2 Å². The van der Waals surface area contributed by atoms with Crippen LogP contribution < -0.4 is 5.32 Å². The maximum atomic E-state index is 12.8. The summed E-state index contributed by atoms with van der Waals surface area (Å²) in [5.74, 6) is -1.02. The second-order valence-corrected chi connectivity index (χ2v) is 8.53. The maximum Gasteiger partial charge on any atom is 0.407 e. The number of ether oxygens (including phenoxy) is 2. The zero-order valence-electron chi connectivity index (χ0n) is 20.4. The number of rotatable bonds is 13. The van der Waals surface area contributed by atoms with Gasteiger partial charge in [0.2, 0.25) is 0 Å². The molecule has 0 heterocycles. The minimum atomic E-state index is -0.839. The number of alkyl carbamates (subject to hydrolysis) is 1. The smallest absolute Gasteiger partial charge is 0.407 e. The van der Waals surface area contributed by atoms with Gasteiger partial charge in [-0.2, -0.15) is 0 Å². The first kappa shape index (κ1) is 26.2. The van der Waals surface area contributed by atoms with Crippen molar-refractivity contribution in [3.63, 3.8) is 0 Å². The Labute approximate surface area is 206 Å². The van der Waals surface area contributed by atoms with Crippen LogP contribution in [0.25, 0.3) is 11.1 Å². The quantitative estimate of drug-likeness (QED) is 0.418. The Bertz CT molecular complexity index is 979. The Morgan fingerprint density at radius 3 is 2.23 bits per heavy atom. The molecule has 2 N–H and O–H groups in total. The molecule has 1 atom stereocenters. The summed E-state index contributed by atoms with van der Waals surface area (Å²) in [5.41, 5.74) is 4.63. The summed E-state index contributed by atoms with van der Waals surface area (Å²) in [6.07, 6.45) is 0.299. The van der Waals surface area contributed by atoms with Gasteiger partial charge in [0, 0.05) is 45.5 Å². The predicted octanol–water partition coefficient (Wildman–Crippen LogP) is 4.03. The molecule has 0 fully saturated rings. The van der Waals surface area contributed by atoms with Crippen LogP contribution in [0.1, 0.15) is 49.7 Å². The van der Waals surface area contributed by atoms with Crippen molar-refractivity contribution in [3.05, 3.63) is 59.7 Å². The molecule has 188 valence electrons. The van der Waals surface area contributed by atoms with Gasteiger partial charge < -0.3 is 24.8 Å². The molecule has 2 aromatic carbocycles. The Kier molecular flexibility index (Phi) is 9.66. The van der Waals surface area contributed by atoms with Crippen LogP contribution in [-0.2, 0) is 19.1 Å². The molecule has 1 aliphatic rings. The number of nitrogens with one attached hydrogen (secondary N) is 1. The van der Waals surface area contributed by atoms with Gasteiger partial charge in [-0.15, -0.1) is 0 Å². The number of fused-ring (bicyclic) bond motifs is 3. The molecule has 0 aromatic heterocycles. The van der Waals surface area contributed by atoms with Crippen molar-refractivity contribution in [2.45, 2.75) is 44.6 Å². The average Bonchev–Trinajstić information content (AvgIpc) is 3.18. The first-order chi connectivity index (χ1) is 17.0. The number of methoxy groups -OCH3 is 1. The Balaban J connectivity index is 1.45. The highest BCUT2D eigenvalue weighted by Crippen LogP contribution is 2.44. The lowest BCUT2D eigenvalue weighted by Crippen LogP contribution is -2.42. The van der Waals surface area contributed by atoms with Gasteiger partial charge in [0.25, 0.3) is 5.91 Å². The van der Waals surface area contributed by atoms with Crippen LogP contribution in [0.4, 0.5) is 4.79 Å². The van der Waals surface area contributed by atoms with E-state index in [2.05, 4.69) is 29.6 Å². The average molecular weight is 483 g/mol. The van der Waals surface area contributed by atoms with Crippen LogP contribution in [0, 0.1) is 0 Å². The van der Waals surface area contributed by atoms with Gasteiger partial charge in [-0.1, -0.05) is 48.5 Å². The van der Waals surface area contributed by atoms with Gasteiger partial charge >= 0.3 is 12.1 Å². The number of nitrogens with zero attached hydrogens (tertiary/aromatic N) is 1. The molecule has 0 aliphatic heterocycles. The largest absolute Gasteiger partial charge is 0.481 e. The molecule has 8 heteroatoms. The summed E-state index contributed by atoms with van der Waals surface area (Å²) in [6.45, 7) is 3.31. The van der Waals surface area contributed by atoms with E-state index in [-0.39, 0.29) is 31.4 Å². The summed E-state index contributed by atoms with van der Waals surface area (Å²) in [5, 5.41) is 11.5. The third-order valence-corrected chi connectivity index (χ3v) is 6.34. The minimum absolute atomic E-state index is 0.0132. The maximum absolute atomic E-state index is 12.8. The molecule has 0 saturated heterocycles. The number of carboxylic acid groups (broad SMARTS) is 1. The minimum Gasteiger partial charge on any atom is -0.481 e. The lowest BCUT2D eigenvalue weighted by Gasteiger charge is -2.25. The van der Waals surface area contributed by atoms with Gasteiger partial charge in [0.1, 0.15) is 12.7 Å². The van der Waals surface area contributed by atoms with Crippen LogP contribution in [0.3, 0.4) is 0 Å². The van der Waals surface area contributed by atoms with E-state index in [1.165, 1.54) is 18.2 Å². The van der Waals surface area contributed by atoms with Crippen LogP contribution in [-0.4, -0.2) is 67.4 Å². The zero-order valence-corrected chi connectivity index (χ0v) is 20.4. The fourth-order valence-electron chi connectivity index (χ4n) is 4.50. The fourth-order valence-corrected chi connectivity index (χ4v) is 4.50. The molecular formula is C27H34N2O6. The molecule has 0 saturated carbocycles. The zero-order chi connectivity index (χ0) is 25.2. The van der Waals surface area contributed by atoms with E-state index in [0.29, 0.717) is 32.4 Å². The number of amides is 2. The Morgan fingerprint density at radius 1 is 1.03 bits per heavy atom. The van der Waals surface area contributed by atoms with Crippen LogP contribution in [0.5, 0.6) is 0 Å². The third kappa shape index (κ3) is 6.82. The van der Waals surface area contributed by atoms with Crippen molar-refractivity contribution in [1.29, 1.82) is 0 Å². The highest BCUT2D eigenvalue weighted by molar-refractivity contribution is 5.81. The van der Waals surface area contributed by atoms with E-state index < -0.39 is 18.2 Å². The molecule has 1 unspecified atom stereocenters. The van der Waals surface area contributed by atoms with Gasteiger partial charge in [-0.25, -0.2) is 4.79 Å². The van der Waals surface area contributed by atoms with E-state index in [1.54, 1.807) is 4.90 Å². The molecule has 0 radical (unpaired) electrons. The van der Waals surface area contributed by atoms with Gasteiger partial charge in [-0.05, 0) is 42.0 Å². The molecule has 0 bridgehead atoms.